The highest BCUT2D eigenvalue weighted by Crippen LogP contribution is 2.26. The van der Waals surface area contributed by atoms with Gasteiger partial charge in [-0.1, -0.05) is 18.2 Å². The van der Waals surface area contributed by atoms with Gasteiger partial charge >= 0.3 is 0 Å². The molecule has 1 aromatic heterocycles. The summed E-state index contributed by atoms with van der Waals surface area (Å²) >= 11 is 0. The Morgan fingerprint density at radius 1 is 1.32 bits per heavy atom. The highest BCUT2D eigenvalue weighted by molar-refractivity contribution is 6.04. The minimum absolute atomic E-state index is 0.289. The first-order valence-electron chi connectivity index (χ1n) is 8.98. The molecule has 0 radical (unpaired) electrons. The standard InChI is InChI=1S/C22H20FN3O2/c1-2-28-21-14-17(23)9-10-19(21)25-22(27)11-8-16-15-26(13-5-12-24)20-7-4-3-6-18(16)20/h3-4,6-11,14-15H,2,5,13H2,1H3,(H,25,27). The molecule has 6 heteroatoms. The third kappa shape index (κ3) is 4.38. The molecule has 0 atom stereocenters. The van der Waals surface area contributed by atoms with Crippen LogP contribution in [-0.2, 0) is 11.3 Å². The Kier molecular flexibility index (Phi) is 6.07. The third-order valence-electron chi connectivity index (χ3n) is 4.20. The molecule has 0 aliphatic rings. The maximum Gasteiger partial charge on any atom is 0.248 e. The number of amides is 1. The lowest BCUT2D eigenvalue weighted by molar-refractivity contribution is -0.111. The van der Waals surface area contributed by atoms with Crippen LogP contribution < -0.4 is 10.1 Å². The molecule has 0 aliphatic heterocycles. The fourth-order valence-electron chi connectivity index (χ4n) is 2.98. The van der Waals surface area contributed by atoms with Crippen LogP contribution in [0.2, 0.25) is 0 Å². The summed E-state index contributed by atoms with van der Waals surface area (Å²) in [4.78, 5) is 12.3. The normalized spacial score (nSPS) is 10.9. The van der Waals surface area contributed by atoms with E-state index in [1.807, 2.05) is 35.0 Å². The van der Waals surface area contributed by atoms with Gasteiger partial charge in [0.1, 0.15) is 11.6 Å². The lowest BCUT2D eigenvalue weighted by atomic mass is 10.1. The van der Waals surface area contributed by atoms with E-state index in [4.69, 9.17) is 10.00 Å². The van der Waals surface area contributed by atoms with E-state index < -0.39 is 5.82 Å². The maximum absolute atomic E-state index is 13.4. The molecule has 1 amide bonds. The SMILES string of the molecule is CCOc1cc(F)ccc1NC(=O)C=Cc1cn(CCC#N)c2ccccc12. The first-order chi connectivity index (χ1) is 13.6. The molecule has 1 N–H and O–H groups in total. The van der Waals surface area contributed by atoms with E-state index in [2.05, 4.69) is 11.4 Å². The molecule has 5 nitrogen and oxygen atoms in total. The quantitative estimate of drug-likeness (QED) is 0.605. The van der Waals surface area contributed by atoms with Gasteiger partial charge in [0.05, 0.1) is 24.8 Å². The number of para-hydroxylation sites is 1. The number of aromatic nitrogens is 1. The van der Waals surface area contributed by atoms with Crippen molar-refractivity contribution in [2.24, 2.45) is 0 Å². The number of carbonyl (C=O) groups excluding carboxylic acids is 1. The molecule has 3 aromatic rings. The summed E-state index contributed by atoms with van der Waals surface area (Å²) in [5.41, 5.74) is 2.30. The lowest BCUT2D eigenvalue weighted by Crippen LogP contribution is -2.09. The Hall–Kier alpha value is -3.59. The predicted molar refractivity (Wildman–Crippen MR) is 107 cm³/mol. The molecule has 0 saturated heterocycles. The van der Waals surface area contributed by atoms with E-state index in [0.29, 0.717) is 25.3 Å². The zero-order chi connectivity index (χ0) is 19.9. The molecule has 142 valence electrons. The van der Waals surface area contributed by atoms with Gasteiger partial charge in [-0.2, -0.15) is 5.26 Å². The zero-order valence-corrected chi connectivity index (χ0v) is 15.5. The minimum atomic E-state index is -0.429. The van der Waals surface area contributed by atoms with Gasteiger partial charge in [0.15, 0.2) is 0 Å². The molecule has 2 aromatic carbocycles. The van der Waals surface area contributed by atoms with Crippen molar-refractivity contribution in [1.82, 2.24) is 4.57 Å². The third-order valence-corrected chi connectivity index (χ3v) is 4.20. The second-order valence-corrected chi connectivity index (χ2v) is 6.10. The van der Waals surface area contributed by atoms with Gasteiger partial charge in [0.25, 0.3) is 0 Å². The number of rotatable bonds is 7. The fraction of sp³-hybridized carbons (Fsp3) is 0.182. The van der Waals surface area contributed by atoms with E-state index in [-0.39, 0.29) is 11.7 Å². The van der Waals surface area contributed by atoms with Crippen LogP contribution in [0.25, 0.3) is 17.0 Å². The number of ether oxygens (including phenoxy) is 1. The van der Waals surface area contributed by atoms with E-state index in [1.54, 1.807) is 13.0 Å². The van der Waals surface area contributed by atoms with Crippen LogP contribution in [0.15, 0.2) is 54.7 Å². The Balaban J connectivity index is 1.81. The van der Waals surface area contributed by atoms with E-state index in [1.165, 1.54) is 24.3 Å². The molecule has 0 bridgehead atoms. The minimum Gasteiger partial charge on any atom is -0.492 e. The van der Waals surface area contributed by atoms with Crippen LogP contribution in [0.5, 0.6) is 5.75 Å². The number of carbonyl (C=O) groups is 1. The van der Waals surface area contributed by atoms with Gasteiger partial charge in [-0.15, -0.1) is 0 Å². The van der Waals surface area contributed by atoms with Gasteiger partial charge in [0.2, 0.25) is 5.91 Å². The van der Waals surface area contributed by atoms with Crippen molar-refractivity contribution < 1.29 is 13.9 Å². The highest BCUT2D eigenvalue weighted by atomic mass is 19.1. The number of nitrogens with zero attached hydrogens (tertiary/aromatic N) is 2. The first kappa shape index (κ1) is 19.2. The van der Waals surface area contributed by atoms with Crippen LogP contribution >= 0.6 is 0 Å². The molecule has 0 unspecified atom stereocenters. The van der Waals surface area contributed by atoms with Crippen molar-refractivity contribution in [2.45, 2.75) is 19.9 Å². The molecule has 3 rings (SSSR count). The molecule has 0 aliphatic carbocycles. The number of hydrogen-bond donors (Lipinski definition) is 1. The Bertz CT molecular complexity index is 1060. The summed E-state index contributed by atoms with van der Waals surface area (Å²) in [6, 6.07) is 14.0. The number of hydrogen-bond acceptors (Lipinski definition) is 3. The van der Waals surface area contributed by atoms with Gasteiger partial charge in [-0.25, -0.2) is 4.39 Å². The van der Waals surface area contributed by atoms with Crippen LogP contribution in [0.1, 0.15) is 18.9 Å². The monoisotopic (exact) mass is 377 g/mol. The average molecular weight is 377 g/mol. The summed E-state index contributed by atoms with van der Waals surface area (Å²) in [6.07, 6.45) is 5.49. The van der Waals surface area contributed by atoms with Crippen LogP contribution in [0.4, 0.5) is 10.1 Å². The van der Waals surface area contributed by atoms with Crippen LogP contribution in [0.3, 0.4) is 0 Å². The zero-order valence-electron chi connectivity index (χ0n) is 15.5. The van der Waals surface area contributed by atoms with E-state index in [9.17, 15) is 9.18 Å². The first-order valence-corrected chi connectivity index (χ1v) is 8.98. The molecule has 0 spiro atoms. The van der Waals surface area contributed by atoms with Crippen LogP contribution in [-0.4, -0.2) is 17.1 Å². The smallest absolute Gasteiger partial charge is 0.248 e. The predicted octanol–water partition coefficient (Wildman–Crippen LogP) is 4.74. The number of anilines is 1. The summed E-state index contributed by atoms with van der Waals surface area (Å²) in [7, 11) is 0. The molecule has 0 saturated carbocycles. The molecular formula is C22H20FN3O2. The maximum atomic E-state index is 13.4. The summed E-state index contributed by atoms with van der Waals surface area (Å²) < 4.78 is 20.8. The van der Waals surface area contributed by atoms with Crippen molar-refractivity contribution >= 4 is 28.6 Å². The summed E-state index contributed by atoms with van der Waals surface area (Å²) in [5.74, 6) is -0.485. The molecular weight excluding hydrogens is 357 g/mol. The molecule has 28 heavy (non-hydrogen) atoms. The number of nitriles is 1. The topological polar surface area (TPSA) is 67.0 Å². The van der Waals surface area contributed by atoms with Crippen molar-refractivity contribution in [3.63, 3.8) is 0 Å². The number of halogens is 1. The average Bonchev–Trinajstić information content (AvgIpc) is 3.05. The van der Waals surface area contributed by atoms with Crippen LogP contribution in [0, 0.1) is 17.1 Å². The van der Waals surface area contributed by atoms with Gasteiger partial charge in [-0.3, -0.25) is 4.79 Å². The fourth-order valence-corrected chi connectivity index (χ4v) is 2.98. The Morgan fingerprint density at radius 2 is 2.14 bits per heavy atom. The van der Waals surface area contributed by atoms with Crippen molar-refractivity contribution in [1.29, 1.82) is 5.26 Å². The van der Waals surface area contributed by atoms with Gasteiger partial charge in [0, 0.05) is 41.4 Å². The second kappa shape index (κ2) is 8.87. The number of nitrogens with one attached hydrogen (secondary N) is 1. The number of benzene rings is 2. The van der Waals surface area contributed by atoms with Crippen molar-refractivity contribution in [3.05, 3.63) is 66.1 Å². The summed E-state index contributed by atoms with van der Waals surface area (Å²) in [6.45, 7) is 2.74. The van der Waals surface area contributed by atoms with E-state index in [0.717, 1.165) is 16.5 Å². The highest BCUT2D eigenvalue weighted by Gasteiger charge is 2.09. The van der Waals surface area contributed by atoms with E-state index >= 15 is 0 Å². The van der Waals surface area contributed by atoms with Crippen molar-refractivity contribution in [3.8, 4) is 11.8 Å². The lowest BCUT2D eigenvalue weighted by Gasteiger charge is -2.10. The molecule has 0 fully saturated rings. The van der Waals surface area contributed by atoms with Crippen molar-refractivity contribution in [2.75, 3.05) is 11.9 Å². The van der Waals surface area contributed by atoms with Gasteiger partial charge < -0.3 is 14.6 Å². The Labute approximate surface area is 162 Å². The number of fused-ring (bicyclic) bond motifs is 1. The second-order valence-electron chi connectivity index (χ2n) is 6.10. The summed E-state index contributed by atoms with van der Waals surface area (Å²) in [5, 5.41) is 12.6. The number of aryl methyl sites for hydroxylation is 1. The molecule has 1 heterocycles. The largest absolute Gasteiger partial charge is 0.492 e. The van der Waals surface area contributed by atoms with Gasteiger partial charge in [-0.05, 0) is 31.2 Å². The Morgan fingerprint density at radius 3 is 2.93 bits per heavy atom.